The molecule has 0 amide bonds. The second kappa shape index (κ2) is 4.14. The maximum Gasteiger partial charge on any atom is 0.276 e. The first kappa shape index (κ1) is 10.2. The Morgan fingerprint density at radius 2 is 2.22 bits per heavy atom. The van der Waals surface area contributed by atoms with Gasteiger partial charge in [-0.1, -0.05) is 5.16 Å². The molecule has 3 aromatic heterocycles. The van der Waals surface area contributed by atoms with Gasteiger partial charge in [0.15, 0.2) is 0 Å². The highest BCUT2D eigenvalue weighted by molar-refractivity contribution is 5.54. The molecule has 0 radical (unpaired) electrons. The van der Waals surface area contributed by atoms with Crippen molar-refractivity contribution in [1.29, 1.82) is 5.26 Å². The predicted octanol–water partition coefficient (Wildman–Crippen LogP) is 2.00. The van der Waals surface area contributed by atoms with Gasteiger partial charge in [0, 0.05) is 12.4 Å². The lowest BCUT2D eigenvalue weighted by Gasteiger charge is -1.91. The molecule has 0 aliphatic carbocycles. The average Bonchev–Trinajstić information content (AvgIpc) is 3.09. The molecule has 0 aliphatic rings. The van der Waals surface area contributed by atoms with Crippen LogP contribution in [-0.2, 0) is 0 Å². The molecule has 0 unspecified atom stereocenters. The smallest absolute Gasteiger partial charge is 0.276 e. The largest absolute Gasteiger partial charge is 0.359 e. The Morgan fingerprint density at radius 3 is 2.89 bits per heavy atom. The highest BCUT2D eigenvalue weighted by Gasteiger charge is 2.11. The lowest BCUT2D eigenvalue weighted by Crippen LogP contribution is -1.85. The first-order chi connectivity index (χ1) is 8.86. The molecular weight excluding hydrogens is 230 g/mol. The zero-order valence-corrected chi connectivity index (χ0v) is 9.16. The van der Waals surface area contributed by atoms with Crippen molar-refractivity contribution < 1.29 is 4.52 Å². The summed E-state index contributed by atoms with van der Waals surface area (Å²) in [6.07, 6.45) is 3.25. The van der Waals surface area contributed by atoms with Crippen LogP contribution in [-0.4, -0.2) is 20.1 Å². The van der Waals surface area contributed by atoms with Crippen LogP contribution in [0.1, 0.15) is 5.56 Å². The van der Waals surface area contributed by atoms with E-state index in [2.05, 4.69) is 20.1 Å². The highest BCUT2D eigenvalue weighted by Crippen LogP contribution is 2.19. The van der Waals surface area contributed by atoms with Crippen LogP contribution >= 0.6 is 0 Å². The molecule has 18 heavy (non-hydrogen) atoms. The van der Waals surface area contributed by atoms with Gasteiger partial charge >= 0.3 is 0 Å². The first-order valence-electron chi connectivity index (χ1n) is 5.21. The quantitative estimate of drug-likeness (QED) is 0.735. The van der Waals surface area contributed by atoms with E-state index >= 15 is 0 Å². The van der Waals surface area contributed by atoms with Crippen LogP contribution < -0.4 is 0 Å². The summed E-state index contributed by atoms with van der Waals surface area (Å²) in [4.78, 5) is 11.3. The van der Waals surface area contributed by atoms with Crippen molar-refractivity contribution in [1.82, 2.24) is 20.1 Å². The van der Waals surface area contributed by atoms with Crippen molar-refractivity contribution in [3.8, 4) is 29.2 Å². The number of nitriles is 1. The number of rotatable bonds is 2. The molecule has 0 bridgehead atoms. The summed E-state index contributed by atoms with van der Waals surface area (Å²) in [7, 11) is 0. The second-order valence-corrected chi connectivity index (χ2v) is 3.55. The van der Waals surface area contributed by atoms with Crippen molar-refractivity contribution in [3.63, 3.8) is 0 Å². The molecule has 0 saturated carbocycles. The minimum absolute atomic E-state index is 0.323. The van der Waals surface area contributed by atoms with Gasteiger partial charge in [0.05, 0.1) is 11.3 Å². The SMILES string of the molecule is N#Cc1ccc(-c2nc(-c3ccc[nH]3)no2)nc1. The molecule has 0 atom stereocenters. The van der Waals surface area contributed by atoms with Crippen LogP contribution in [0.3, 0.4) is 0 Å². The Kier molecular flexibility index (Phi) is 2.35. The molecule has 0 fully saturated rings. The lowest BCUT2D eigenvalue weighted by molar-refractivity contribution is 0.431. The zero-order valence-electron chi connectivity index (χ0n) is 9.16. The number of aromatic nitrogens is 4. The minimum atomic E-state index is 0.323. The maximum absolute atomic E-state index is 8.68. The summed E-state index contributed by atoms with van der Waals surface area (Å²) in [5, 5.41) is 12.5. The first-order valence-corrected chi connectivity index (χ1v) is 5.21. The molecule has 3 aromatic rings. The van der Waals surface area contributed by atoms with Crippen LogP contribution in [0.25, 0.3) is 23.1 Å². The lowest BCUT2D eigenvalue weighted by atomic mass is 10.3. The molecule has 6 nitrogen and oxygen atoms in total. The Bertz CT molecular complexity index is 691. The molecular formula is C12H7N5O. The van der Waals surface area contributed by atoms with E-state index in [4.69, 9.17) is 9.78 Å². The minimum Gasteiger partial charge on any atom is -0.359 e. The Balaban J connectivity index is 1.95. The van der Waals surface area contributed by atoms with Crippen molar-refractivity contribution in [2.24, 2.45) is 0 Å². The molecule has 0 saturated heterocycles. The van der Waals surface area contributed by atoms with Crippen molar-refractivity contribution >= 4 is 0 Å². The van der Waals surface area contributed by atoms with E-state index in [0.29, 0.717) is 23.0 Å². The standard InChI is InChI=1S/C12H7N5O/c13-6-8-3-4-10(15-7-8)12-16-11(17-18-12)9-2-1-5-14-9/h1-5,7,14H. The summed E-state index contributed by atoms with van der Waals surface area (Å²) in [6, 6.07) is 9.02. The number of aromatic amines is 1. The number of hydrogen-bond acceptors (Lipinski definition) is 5. The number of nitrogens with one attached hydrogen (secondary N) is 1. The summed E-state index contributed by atoms with van der Waals surface area (Å²) in [6.45, 7) is 0. The van der Waals surface area contributed by atoms with E-state index in [-0.39, 0.29) is 0 Å². The molecule has 0 aliphatic heterocycles. The van der Waals surface area contributed by atoms with Gasteiger partial charge in [-0.2, -0.15) is 10.2 Å². The predicted molar refractivity (Wildman–Crippen MR) is 62.0 cm³/mol. The van der Waals surface area contributed by atoms with E-state index in [1.165, 1.54) is 6.20 Å². The zero-order chi connectivity index (χ0) is 12.4. The summed E-state index contributed by atoms with van der Waals surface area (Å²) in [5.41, 5.74) is 1.81. The third-order valence-electron chi connectivity index (χ3n) is 2.38. The van der Waals surface area contributed by atoms with Gasteiger partial charge in [-0.25, -0.2) is 4.98 Å². The van der Waals surface area contributed by atoms with Gasteiger partial charge in [0.2, 0.25) is 5.82 Å². The summed E-state index contributed by atoms with van der Waals surface area (Å²) in [5.74, 6) is 0.797. The van der Waals surface area contributed by atoms with Crippen LogP contribution in [0.5, 0.6) is 0 Å². The summed E-state index contributed by atoms with van der Waals surface area (Å²) >= 11 is 0. The highest BCUT2D eigenvalue weighted by atomic mass is 16.5. The number of hydrogen-bond donors (Lipinski definition) is 1. The van der Waals surface area contributed by atoms with Gasteiger partial charge in [0.25, 0.3) is 5.89 Å². The molecule has 6 heteroatoms. The fourth-order valence-corrected chi connectivity index (χ4v) is 1.49. The Hall–Kier alpha value is -2.94. The van der Waals surface area contributed by atoms with E-state index < -0.39 is 0 Å². The number of H-pyrrole nitrogens is 1. The van der Waals surface area contributed by atoms with Crippen molar-refractivity contribution in [2.75, 3.05) is 0 Å². The van der Waals surface area contributed by atoms with E-state index in [0.717, 1.165) is 5.69 Å². The van der Waals surface area contributed by atoms with Gasteiger partial charge < -0.3 is 9.51 Å². The number of nitrogens with zero attached hydrogens (tertiary/aromatic N) is 4. The second-order valence-electron chi connectivity index (χ2n) is 3.55. The normalized spacial score (nSPS) is 10.2. The third kappa shape index (κ3) is 1.74. The van der Waals surface area contributed by atoms with Crippen molar-refractivity contribution in [2.45, 2.75) is 0 Å². The monoisotopic (exact) mass is 237 g/mol. The molecule has 86 valence electrons. The van der Waals surface area contributed by atoms with Crippen molar-refractivity contribution in [3.05, 3.63) is 42.2 Å². The van der Waals surface area contributed by atoms with E-state index in [1.54, 1.807) is 18.3 Å². The van der Waals surface area contributed by atoms with Gasteiger partial charge in [0.1, 0.15) is 11.8 Å². The topological polar surface area (TPSA) is 91.4 Å². The molecule has 1 N–H and O–H groups in total. The fraction of sp³-hybridized carbons (Fsp3) is 0. The van der Waals surface area contributed by atoms with Gasteiger partial charge in [-0.05, 0) is 24.3 Å². The number of pyridine rings is 1. The summed E-state index contributed by atoms with van der Waals surface area (Å²) < 4.78 is 5.12. The maximum atomic E-state index is 8.68. The van der Waals surface area contributed by atoms with Crippen LogP contribution in [0.4, 0.5) is 0 Å². The molecule has 0 aromatic carbocycles. The average molecular weight is 237 g/mol. The molecule has 0 spiro atoms. The molecule has 3 heterocycles. The Morgan fingerprint density at radius 1 is 1.28 bits per heavy atom. The van der Waals surface area contributed by atoms with Crippen LogP contribution in [0.15, 0.2) is 41.2 Å². The Labute approximate surface area is 102 Å². The van der Waals surface area contributed by atoms with E-state index in [9.17, 15) is 0 Å². The van der Waals surface area contributed by atoms with Crippen LogP contribution in [0, 0.1) is 11.3 Å². The third-order valence-corrected chi connectivity index (χ3v) is 2.38. The van der Waals surface area contributed by atoms with Gasteiger partial charge in [-0.3, -0.25) is 0 Å². The van der Waals surface area contributed by atoms with Crippen LogP contribution in [0.2, 0.25) is 0 Å². The van der Waals surface area contributed by atoms with E-state index in [1.807, 2.05) is 18.2 Å². The molecule has 3 rings (SSSR count). The fourth-order valence-electron chi connectivity index (χ4n) is 1.49. The van der Waals surface area contributed by atoms with Gasteiger partial charge in [-0.15, -0.1) is 0 Å².